The monoisotopic (exact) mass is 398 g/mol. The molecule has 1 aliphatic rings. The first-order chi connectivity index (χ1) is 13.0. The van der Waals surface area contributed by atoms with Crippen molar-refractivity contribution in [2.45, 2.75) is 104 Å². The Balaban J connectivity index is 2.83. The van der Waals surface area contributed by atoms with Crippen LogP contribution >= 0.6 is 0 Å². The first kappa shape index (κ1) is 24.7. The summed E-state index contributed by atoms with van der Waals surface area (Å²) < 4.78 is 5.41. The van der Waals surface area contributed by atoms with E-state index in [1.165, 1.54) is 19.3 Å². The van der Waals surface area contributed by atoms with Gasteiger partial charge in [0.05, 0.1) is 12.1 Å². The van der Waals surface area contributed by atoms with Gasteiger partial charge in [-0.25, -0.2) is 4.79 Å². The molecule has 1 saturated carbocycles. The molecule has 0 spiro atoms. The highest BCUT2D eigenvalue weighted by Crippen LogP contribution is 2.29. The number of alkyl carbamates (subject to hydrolysis) is 1. The quantitative estimate of drug-likeness (QED) is 0.547. The van der Waals surface area contributed by atoms with Gasteiger partial charge in [0.2, 0.25) is 5.91 Å². The summed E-state index contributed by atoms with van der Waals surface area (Å²) in [5.41, 5.74) is -0.591. The molecule has 3 atom stereocenters. The normalized spacial score (nSPS) is 19.0. The summed E-state index contributed by atoms with van der Waals surface area (Å²) in [4.78, 5) is 24.6. The van der Waals surface area contributed by atoms with Gasteiger partial charge in [0, 0.05) is 13.0 Å². The molecule has 0 aliphatic heterocycles. The molecule has 28 heavy (non-hydrogen) atoms. The van der Waals surface area contributed by atoms with Gasteiger partial charge in [0.1, 0.15) is 5.60 Å². The van der Waals surface area contributed by atoms with E-state index in [-0.39, 0.29) is 11.8 Å². The van der Waals surface area contributed by atoms with E-state index in [4.69, 9.17) is 4.74 Å². The van der Waals surface area contributed by atoms with Gasteiger partial charge in [-0.15, -0.1) is 0 Å². The lowest BCUT2D eigenvalue weighted by Crippen LogP contribution is -2.48. The first-order valence-electron chi connectivity index (χ1n) is 10.9. The fraction of sp³-hybridized carbons (Fsp3) is 0.909. The van der Waals surface area contributed by atoms with Gasteiger partial charge >= 0.3 is 6.09 Å². The SMILES string of the molecule is CNC(=O)[C@H](CC(C)C)C[C@H](O)[C@H](CC1CCCCC1)NC(=O)OC(C)(C)C. The van der Waals surface area contributed by atoms with Gasteiger partial charge in [-0.05, 0) is 51.9 Å². The second kappa shape index (κ2) is 11.6. The maximum Gasteiger partial charge on any atom is 0.407 e. The van der Waals surface area contributed by atoms with Crippen LogP contribution in [-0.2, 0) is 9.53 Å². The van der Waals surface area contributed by atoms with Crippen LogP contribution in [0.25, 0.3) is 0 Å². The van der Waals surface area contributed by atoms with E-state index in [1.807, 2.05) is 20.8 Å². The highest BCUT2D eigenvalue weighted by molar-refractivity contribution is 5.78. The molecule has 0 saturated heterocycles. The van der Waals surface area contributed by atoms with Crippen LogP contribution in [0.3, 0.4) is 0 Å². The fourth-order valence-corrected chi connectivity index (χ4v) is 4.09. The molecule has 0 aromatic heterocycles. The number of rotatable bonds is 9. The molecule has 2 amide bonds. The molecule has 0 heterocycles. The number of carbonyl (C=O) groups excluding carboxylic acids is 2. The lowest BCUT2D eigenvalue weighted by molar-refractivity contribution is -0.126. The highest BCUT2D eigenvalue weighted by atomic mass is 16.6. The van der Waals surface area contributed by atoms with Crippen LogP contribution in [0, 0.1) is 17.8 Å². The van der Waals surface area contributed by atoms with Crippen molar-refractivity contribution in [2.75, 3.05) is 7.05 Å². The number of hydrogen-bond donors (Lipinski definition) is 3. The van der Waals surface area contributed by atoms with E-state index in [0.29, 0.717) is 24.7 Å². The molecule has 3 N–H and O–H groups in total. The van der Waals surface area contributed by atoms with Crippen molar-refractivity contribution in [3.8, 4) is 0 Å². The zero-order valence-corrected chi connectivity index (χ0v) is 18.7. The molecule has 6 nitrogen and oxygen atoms in total. The van der Waals surface area contributed by atoms with Crippen LogP contribution in [0.15, 0.2) is 0 Å². The molecular weight excluding hydrogens is 356 g/mol. The summed E-state index contributed by atoms with van der Waals surface area (Å²) >= 11 is 0. The van der Waals surface area contributed by atoms with Crippen molar-refractivity contribution in [1.82, 2.24) is 10.6 Å². The molecule has 0 aromatic carbocycles. The second-order valence-electron chi connectivity index (χ2n) is 9.74. The Morgan fingerprint density at radius 1 is 1.11 bits per heavy atom. The Labute approximate surface area is 171 Å². The van der Waals surface area contributed by atoms with Gasteiger partial charge in [-0.3, -0.25) is 4.79 Å². The average Bonchev–Trinajstić information content (AvgIpc) is 2.58. The van der Waals surface area contributed by atoms with Crippen LogP contribution in [0.4, 0.5) is 4.79 Å². The van der Waals surface area contributed by atoms with Crippen molar-refractivity contribution in [3.05, 3.63) is 0 Å². The Morgan fingerprint density at radius 3 is 2.21 bits per heavy atom. The minimum atomic E-state index is -0.782. The van der Waals surface area contributed by atoms with Crippen LogP contribution in [0.1, 0.15) is 86.0 Å². The molecule has 1 rings (SSSR count). The molecule has 0 radical (unpaired) electrons. The number of nitrogens with one attached hydrogen (secondary N) is 2. The molecule has 0 bridgehead atoms. The van der Waals surface area contributed by atoms with E-state index in [1.54, 1.807) is 7.05 Å². The molecule has 164 valence electrons. The third kappa shape index (κ3) is 9.76. The number of aliphatic hydroxyl groups excluding tert-OH is 1. The van der Waals surface area contributed by atoms with Crippen molar-refractivity contribution in [2.24, 2.45) is 17.8 Å². The molecule has 1 fully saturated rings. The third-order valence-electron chi connectivity index (χ3n) is 5.38. The summed E-state index contributed by atoms with van der Waals surface area (Å²) in [5.74, 6) is 0.521. The number of hydrogen-bond acceptors (Lipinski definition) is 4. The van der Waals surface area contributed by atoms with Crippen LogP contribution in [-0.4, -0.2) is 41.9 Å². The minimum absolute atomic E-state index is 0.0542. The molecular formula is C22H42N2O4. The van der Waals surface area contributed by atoms with Crippen molar-refractivity contribution >= 4 is 12.0 Å². The van der Waals surface area contributed by atoms with E-state index >= 15 is 0 Å². The summed E-state index contributed by atoms with van der Waals surface area (Å²) in [6.07, 6.45) is 6.41. The third-order valence-corrected chi connectivity index (χ3v) is 5.38. The average molecular weight is 399 g/mol. The first-order valence-corrected chi connectivity index (χ1v) is 10.9. The van der Waals surface area contributed by atoms with Gasteiger partial charge in [-0.1, -0.05) is 46.0 Å². The number of ether oxygens (including phenoxy) is 1. The Morgan fingerprint density at radius 2 is 1.71 bits per heavy atom. The highest BCUT2D eigenvalue weighted by Gasteiger charge is 2.31. The fourth-order valence-electron chi connectivity index (χ4n) is 4.09. The minimum Gasteiger partial charge on any atom is -0.444 e. The van der Waals surface area contributed by atoms with Crippen molar-refractivity contribution < 1.29 is 19.4 Å². The lowest BCUT2D eigenvalue weighted by atomic mass is 9.81. The van der Waals surface area contributed by atoms with Crippen LogP contribution in [0.5, 0.6) is 0 Å². The van der Waals surface area contributed by atoms with E-state index in [0.717, 1.165) is 19.3 Å². The zero-order valence-electron chi connectivity index (χ0n) is 18.7. The van der Waals surface area contributed by atoms with Gasteiger partial charge in [0.15, 0.2) is 0 Å². The van der Waals surface area contributed by atoms with Crippen molar-refractivity contribution in [1.29, 1.82) is 0 Å². The predicted octanol–water partition coefficient (Wildman–Crippen LogP) is 4.01. The zero-order chi connectivity index (χ0) is 21.3. The standard InChI is InChI=1S/C22H42N2O4/c1-15(2)12-17(20(26)23-6)14-19(25)18(13-16-10-8-7-9-11-16)24-21(27)28-22(3,4)5/h15-19,25H,7-14H2,1-6H3,(H,23,26)(H,24,27)/t17-,18+,19+/m1/s1. The summed E-state index contributed by atoms with van der Waals surface area (Å²) in [6, 6.07) is -0.405. The maximum absolute atomic E-state index is 12.3. The topological polar surface area (TPSA) is 87.7 Å². The summed E-state index contributed by atoms with van der Waals surface area (Å²) in [5, 5.41) is 16.6. The second-order valence-corrected chi connectivity index (χ2v) is 9.74. The van der Waals surface area contributed by atoms with Crippen LogP contribution < -0.4 is 10.6 Å². The number of amides is 2. The molecule has 1 aliphatic carbocycles. The molecule has 6 heteroatoms. The smallest absolute Gasteiger partial charge is 0.407 e. The Kier molecular flexibility index (Phi) is 10.3. The number of carbonyl (C=O) groups is 2. The van der Waals surface area contributed by atoms with Crippen LogP contribution in [0.2, 0.25) is 0 Å². The Hall–Kier alpha value is -1.30. The van der Waals surface area contributed by atoms with Gasteiger partial charge in [0.25, 0.3) is 0 Å². The molecule has 0 unspecified atom stereocenters. The van der Waals surface area contributed by atoms with E-state index < -0.39 is 23.8 Å². The largest absolute Gasteiger partial charge is 0.444 e. The van der Waals surface area contributed by atoms with Crippen molar-refractivity contribution in [3.63, 3.8) is 0 Å². The maximum atomic E-state index is 12.3. The predicted molar refractivity (Wildman–Crippen MR) is 112 cm³/mol. The molecule has 0 aromatic rings. The van der Waals surface area contributed by atoms with E-state index in [9.17, 15) is 14.7 Å². The Bertz CT molecular complexity index is 481. The van der Waals surface area contributed by atoms with E-state index in [2.05, 4.69) is 24.5 Å². The lowest BCUT2D eigenvalue weighted by Gasteiger charge is -2.32. The number of aliphatic hydroxyl groups is 1. The van der Waals surface area contributed by atoms with Gasteiger partial charge in [-0.2, -0.15) is 0 Å². The van der Waals surface area contributed by atoms with Gasteiger partial charge < -0.3 is 20.5 Å². The summed E-state index contributed by atoms with van der Waals surface area (Å²) in [6.45, 7) is 9.61. The summed E-state index contributed by atoms with van der Waals surface area (Å²) in [7, 11) is 1.63.